The van der Waals surface area contributed by atoms with Crippen molar-refractivity contribution >= 4 is 23.5 Å². The van der Waals surface area contributed by atoms with Gasteiger partial charge in [-0.3, -0.25) is 14.5 Å². The lowest BCUT2D eigenvalue weighted by Crippen LogP contribution is -2.42. The van der Waals surface area contributed by atoms with Crippen molar-refractivity contribution in [1.82, 2.24) is 10.2 Å². The van der Waals surface area contributed by atoms with Crippen molar-refractivity contribution in [2.75, 3.05) is 11.9 Å². The van der Waals surface area contributed by atoms with E-state index >= 15 is 0 Å². The average Bonchev–Trinajstić information content (AvgIpc) is 2.82. The molecule has 1 heterocycles. The van der Waals surface area contributed by atoms with Crippen molar-refractivity contribution in [3.63, 3.8) is 0 Å². The summed E-state index contributed by atoms with van der Waals surface area (Å²) in [6.07, 6.45) is 0. The SMILES string of the molecule is CC1(c2ccc(F)cc2)NC(=O)N(CC(=O)Nc2ccccc2O)C1=O. The third-order valence-electron chi connectivity index (χ3n) is 4.18. The molecule has 0 spiro atoms. The lowest BCUT2D eigenvalue weighted by molar-refractivity contribution is -0.133. The molecular weight excluding hydrogens is 341 g/mol. The third-order valence-corrected chi connectivity index (χ3v) is 4.18. The van der Waals surface area contributed by atoms with Crippen molar-refractivity contribution in [3.05, 3.63) is 59.9 Å². The minimum absolute atomic E-state index is 0.130. The number of nitrogens with zero attached hydrogens (tertiary/aromatic N) is 1. The van der Waals surface area contributed by atoms with E-state index < -0.39 is 35.7 Å². The van der Waals surface area contributed by atoms with Crippen molar-refractivity contribution in [2.45, 2.75) is 12.5 Å². The molecular formula is C18H16FN3O4. The smallest absolute Gasteiger partial charge is 0.325 e. The van der Waals surface area contributed by atoms with Crippen LogP contribution in [0.3, 0.4) is 0 Å². The second kappa shape index (κ2) is 6.47. The maximum atomic E-state index is 13.1. The Kier molecular flexibility index (Phi) is 4.33. The van der Waals surface area contributed by atoms with E-state index in [0.717, 1.165) is 4.90 Å². The van der Waals surface area contributed by atoms with Crippen molar-refractivity contribution in [1.29, 1.82) is 0 Å². The highest BCUT2D eigenvalue weighted by molar-refractivity contribution is 6.10. The molecule has 7 nitrogen and oxygen atoms in total. The number of hydrogen-bond acceptors (Lipinski definition) is 4. The number of nitrogens with one attached hydrogen (secondary N) is 2. The van der Waals surface area contributed by atoms with Crippen LogP contribution < -0.4 is 10.6 Å². The molecule has 1 fully saturated rings. The van der Waals surface area contributed by atoms with Crippen LogP contribution in [0.5, 0.6) is 5.75 Å². The largest absolute Gasteiger partial charge is 0.506 e. The first-order valence-corrected chi connectivity index (χ1v) is 7.79. The minimum Gasteiger partial charge on any atom is -0.506 e. The number of aromatic hydroxyl groups is 1. The van der Waals surface area contributed by atoms with Crippen molar-refractivity contribution < 1.29 is 23.9 Å². The van der Waals surface area contributed by atoms with Gasteiger partial charge in [-0.25, -0.2) is 9.18 Å². The topological polar surface area (TPSA) is 98.7 Å². The predicted octanol–water partition coefficient (Wildman–Crippen LogP) is 1.94. The molecule has 1 aliphatic heterocycles. The fourth-order valence-corrected chi connectivity index (χ4v) is 2.73. The van der Waals surface area contributed by atoms with Crippen LogP contribution in [0.1, 0.15) is 12.5 Å². The highest BCUT2D eigenvalue weighted by Gasteiger charge is 2.49. The molecule has 0 aliphatic carbocycles. The molecule has 134 valence electrons. The number of hydrogen-bond donors (Lipinski definition) is 3. The summed E-state index contributed by atoms with van der Waals surface area (Å²) in [7, 11) is 0. The number of amides is 4. The van der Waals surface area contributed by atoms with Crippen LogP contribution in [-0.4, -0.2) is 34.4 Å². The zero-order valence-electron chi connectivity index (χ0n) is 13.8. The number of rotatable bonds is 4. The number of phenolic OH excluding ortho intramolecular Hbond substituents is 1. The molecule has 1 aliphatic rings. The second-order valence-electron chi connectivity index (χ2n) is 6.02. The molecule has 0 saturated carbocycles. The van der Waals surface area contributed by atoms with Gasteiger partial charge in [-0.1, -0.05) is 24.3 Å². The Morgan fingerprint density at radius 1 is 1.19 bits per heavy atom. The average molecular weight is 357 g/mol. The predicted molar refractivity (Wildman–Crippen MR) is 90.7 cm³/mol. The monoisotopic (exact) mass is 357 g/mol. The Hall–Kier alpha value is -3.42. The molecule has 1 atom stereocenters. The Labute approximate surface area is 148 Å². The Morgan fingerprint density at radius 3 is 2.50 bits per heavy atom. The number of carbonyl (C=O) groups is 3. The number of imide groups is 1. The maximum absolute atomic E-state index is 13.1. The fraction of sp³-hybridized carbons (Fsp3) is 0.167. The molecule has 0 radical (unpaired) electrons. The third kappa shape index (κ3) is 3.08. The van der Waals surface area contributed by atoms with Crippen LogP contribution >= 0.6 is 0 Å². The summed E-state index contributed by atoms with van der Waals surface area (Å²) < 4.78 is 13.1. The lowest BCUT2D eigenvalue weighted by Gasteiger charge is -2.22. The first-order chi connectivity index (χ1) is 12.3. The molecule has 4 amide bonds. The first kappa shape index (κ1) is 17.4. The summed E-state index contributed by atoms with van der Waals surface area (Å²) in [6, 6.07) is 10.6. The zero-order chi connectivity index (χ0) is 18.9. The molecule has 2 aromatic carbocycles. The van der Waals surface area contributed by atoms with Crippen LogP contribution in [-0.2, 0) is 15.1 Å². The van der Waals surface area contributed by atoms with Gasteiger partial charge in [0.15, 0.2) is 0 Å². The van der Waals surface area contributed by atoms with Gasteiger partial charge in [0.25, 0.3) is 5.91 Å². The second-order valence-corrected chi connectivity index (χ2v) is 6.02. The molecule has 26 heavy (non-hydrogen) atoms. The highest BCUT2D eigenvalue weighted by atomic mass is 19.1. The number of para-hydroxylation sites is 2. The fourth-order valence-electron chi connectivity index (χ4n) is 2.73. The van der Waals surface area contributed by atoms with Gasteiger partial charge in [0.2, 0.25) is 5.91 Å². The van der Waals surface area contributed by atoms with Gasteiger partial charge < -0.3 is 15.7 Å². The van der Waals surface area contributed by atoms with Gasteiger partial charge in [-0.05, 0) is 36.8 Å². The molecule has 1 unspecified atom stereocenters. The normalized spacial score (nSPS) is 19.4. The standard InChI is InChI=1S/C18H16FN3O4/c1-18(11-6-8-12(19)9-7-11)16(25)22(17(26)21-18)10-15(24)20-13-4-2-3-5-14(13)23/h2-9,23H,10H2,1H3,(H,20,24)(H,21,26). The molecule has 0 bridgehead atoms. The quantitative estimate of drug-likeness (QED) is 0.575. The van der Waals surface area contributed by atoms with Crippen LogP contribution in [0.25, 0.3) is 0 Å². The van der Waals surface area contributed by atoms with E-state index in [1.807, 2.05) is 0 Å². The van der Waals surface area contributed by atoms with Crippen LogP contribution in [0.15, 0.2) is 48.5 Å². The van der Waals surface area contributed by atoms with Crippen LogP contribution in [0.2, 0.25) is 0 Å². The highest BCUT2D eigenvalue weighted by Crippen LogP contribution is 2.29. The summed E-state index contributed by atoms with van der Waals surface area (Å²) in [5, 5.41) is 14.6. The first-order valence-electron chi connectivity index (χ1n) is 7.79. The number of carbonyl (C=O) groups excluding carboxylic acids is 3. The van der Waals surface area contributed by atoms with Gasteiger partial charge in [0.05, 0.1) is 5.69 Å². The molecule has 2 aromatic rings. The number of urea groups is 1. The van der Waals surface area contributed by atoms with Crippen molar-refractivity contribution in [3.8, 4) is 5.75 Å². The van der Waals surface area contributed by atoms with E-state index in [2.05, 4.69) is 10.6 Å². The molecule has 8 heteroatoms. The molecule has 1 saturated heterocycles. The maximum Gasteiger partial charge on any atom is 0.325 e. The summed E-state index contributed by atoms with van der Waals surface area (Å²) in [5.41, 5.74) is -0.813. The molecule has 0 aromatic heterocycles. The van der Waals surface area contributed by atoms with Gasteiger partial charge in [0.1, 0.15) is 23.7 Å². The summed E-state index contributed by atoms with van der Waals surface area (Å²) in [5.74, 6) is -1.86. The number of anilines is 1. The van der Waals surface area contributed by atoms with Gasteiger partial charge >= 0.3 is 6.03 Å². The van der Waals surface area contributed by atoms with E-state index in [9.17, 15) is 23.9 Å². The van der Waals surface area contributed by atoms with Crippen LogP contribution in [0, 0.1) is 5.82 Å². The van der Waals surface area contributed by atoms with E-state index in [1.54, 1.807) is 12.1 Å². The van der Waals surface area contributed by atoms with Gasteiger partial charge in [-0.15, -0.1) is 0 Å². The van der Waals surface area contributed by atoms with E-state index in [1.165, 1.54) is 43.3 Å². The Morgan fingerprint density at radius 2 is 1.85 bits per heavy atom. The van der Waals surface area contributed by atoms with Gasteiger partial charge in [-0.2, -0.15) is 0 Å². The molecule has 3 N–H and O–H groups in total. The number of phenols is 1. The number of halogens is 1. The lowest BCUT2D eigenvalue weighted by atomic mass is 9.92. The van der Waals surface area contributed by atoms with E-state index in [-0.39, 0.29) is 11.4 Å². The van der Waals surface area contributed by atoms with Gasteiger partial charge in [0, 0.05) is 0 Å². The molecule has 3 rings (SSSR count). The summed E-state index contributed by atoms with van der Waals surface area (Å²) in [4.78, 5) is 37.8. The summed E-state index contributed by atoms with van der Waals surface area (Å²) in [6.45, 7) is 0.969. The number of benzene rings is 2. The Bertz CT molecular complexity index is 884. The van der Waals surface area contributed by atoms with Crippen molar-refractivity contribution in [2.24, 2.45) is 0 Å². The minimum atomic E-state index is -1.39. The van der Waals surface area contributed by atoms with E-state index in [4.69, 9.17) is 0 Å². The summed E-state index contributed by atoms with van der Waals surface area (Å²) >= 11 is 0. The van der Waals surface area contributed by atoms with E-state index in [0.29, 0.717) is 5.56 Å². The zero-order valence-corrected chi connectivity index (χ0v) is 13.8. The van der Waals surface area contributed by atoms with Crippen LogP contribution in [0.4, 0.5) is 14.9 Å². The Balaban J connectivity index is 1.76.